The van der Waals surface area contributed by atoms with E-state index in [1.807, 2.05) is 0 Å². The molecule has 0 aromatic carbocycles. The number of hydrogen-bond donors (Lipinski definition) is 3. The molecular formula is C61H119NO5. The van der Waals surface area contributed by atoms with Gasteiger partial charge in [0.05, 0.1) is 25.4 Å². The molecule has 0 aromatic rings. The van der Waals surface area contributed by atoms with Crippen LogP contribution < -0.4 is 5.32 Å². The number of amides is 1. The molecule has 0 radical (unpaired) electrons. The molecule has 0 saturated carbocycles. The third-order valence-electron chi connectivity index (χ3n) is 14.3. The van der Waals surface area contributed by atoms with Gasteiger partial charge in [-0.1, -0.05) is 289 Å². The van der Waals surface area contributed by atoms with Crippen molar-refractivity contribution >= 4 is 11.9 Å². The van der Waals surface area contributed by atoms with Crippen LogP contribution in [-0.4, -0.2) is 47.4 Å². The molecule has 0 rings (SSSR count). The molecule has 0 aliphatic carbocycles. The van der Waals surface area contributed by atoms with Gasteiger partial charge >= 0.3 is 5.97 Å². The van der Waals surface area contributed by atoms with E-state index in [0.29, 0.717) is 25.9 Å². The molecule has 0 spiro atoms. The Morgan fingerprint density at radius 1 is 0.403 bits per heavy atom. The van der Waals surface area contributed by atoms with Crippen LogP contribution >= 0.6 is 0 Å². The average molecular weight is 947 g/mol. The van der Waals surface area contributed by atoms with Gasteiger partial charge in [0.15, 0.2) is 0 Å². The predicted octanol–water partition coefficient (Wildman–Crippen LogP) is 18.9. The van der Waals surface area contributed by atoms with Gasteiger partial charge in [-0.25, -0.2) is 0 Å². The lowest BCUT2D eigenvalue weighted by atomic mass is 10.0. The fourth-order valence-electron chi connectivity index (χ4n) is 9.64. The Morgan fingerprint density at radius 3 is 1.06 bits per heavy atom. The van der Waals surface area contributed by atoms with E-state index in [4.69, 9.17) is 4.74 Å². The number of carbonyl (C=O) groups excluding carboxylic acids is 2. The van der Waals surface area contributed by atoms with Crippen molar-refractivity contribution in [1.29, 1.82) is 0 Å². The van der Waals surface area contributed by atoms with E-state index >= 15 is 0 Å². The molecule has 1 amide bonds. The molecule has 2 atom stereocenters. The Bertz CT molecular complexity index is 1000. The van der Waals surface area contributed by atoms with E-state index in [-0.39, 0.29) is 18.5 Å². The van der Waals surface area contributed by atoms with Gasteiger partial charge < -0.3 is 20.3 Å². The first-order chi connectivity index (χ1) is 33.0. The van der Waals surface area contributed by atoms with E-state index < -0.39 is 12.1 Å². The number of allylic oxidation sites excluding steroid dienone is 2. The number of rotatable bonds is 57. The lowest BCUT2D eigenvalue weighted by molar-refractivity contribution is -0.143. The molecular weight excluding hydrogens is 827 g/mol. The molecule has 6 heteroatoms. The highest BCUT2D eigenvalue weighted by atomic mass is 16.5. The molecule has 3 N–H and O–H groups in total. The molecule has 0 aliphatic rings. The first-order valence-corrected chi connectivity index (χ1v) is 30.4. The maximum absolute atomic E-state index is 12.5. The van der Waals surface area contributed by atoms with Gasteiger partial charge in [0.25, 0.3) is 0 Å². The fourth-order valence-corrected chi connectivity index (χ4v) is 9.64. The molecule has 0 heterocycles. The summed E-state index contributed by atoms with van der Waals surface area (Å²) in [6.07, 6.45) is 67.7. The largest absolute Gasteiger partial charge is 0.466 e. The van der Waals surface area contributed by atoms with Crippen molar-refractivity contribution in [3.63, 3.8) is 0 Å². The second-order valence-electron chi connectivity index (χ2n) is 21.0. The second-order valence-corrected chi connectivity index (χ2v) is 21.0. The van der Waals surface area contributed by atoms with Crippen molar-refractivity contribution in [1.82, 2.24) is 5.32 Å². The van der Waals surface area contributed by atoms with E-state index in [1.54, 1.807) is 0 Å². The quantitative estimate of drug-likeness (QED) is 0.0321. The predicted molar refractivity (Wildman–Crippen MR) is 292 cm³/mol. The van der Waals surface area contributed by atoms with E-state index in [9.17, 15) is 19.8 Å². The molecule has 0 aliphatic heterocycles. The van der Waals surface area contributed by atoms with E-state index in [2.05, 4.69) is 31.3 Å². The average Bonchev–Trinajstić information content (AvgIpc) is 3.33. The van der Waals surface area contributed by atoms with Crippen molar-refractivity contribution in [3.05, 3.63) is 12.2 Å². The Balaban J connectivity index is 3.43. The summed E-state index contributed by atoms with van der Waals surface area (Å²) in [4.78, 5) is 24.6. The van der Waals surface area contributed by atoms with Crippen molar-refractivity contribution in [2.45, 2.75) is 353 Å². The smallest absolute Gasteiger partial charge is 0.305 e. The van der Waals surface area contributed by atoms with Crippen molar-refractivity contribution in [3.8, 4) is 0 Å². The molecule has 6 nitrogen and oxygen atoms in total. The van der Waals surface area contributed by atoms with Crippen molar-refractivity contribution < 1.29 is 24.5 Å². The van der Waals surface area contributed by atoms with Gasteiger partial charge in [-0.3, -0.25) is 9.59 Å². The summed E-state index contributed by atoms with van der Waals surface area (Å²) in [7, 11) is 0. The highest BCUT2D eigenvalue weighted by Crippen LogP contribution is 2.18. The zero-order valence-electron chi connectivity index (χ0n) is 45.4. The molecule has 0 bridgehead atoms. The van der Waals surface area contributed by atoms with Gasteiger partial charge in [-0.15, -0.1) is 0 Å². The minimum atomic E-state index is -0.673. The molecule has 0 saturated heterocycles. The molecule has 0 aromatic heterocycles. The van der Waals surface area contributed by atoms with Crippen LogP contribution in [-0.2, 0) is 14.3 Å². The zero-order chi connectivity index (χ0) is 48.6. The van der Waals surface area contributed by atoms with Crippen LogP contribution in [0.2, 0.25) is 0 Å². The van der Waals surface area contributed by atoms with Crippen LogP contribution in [0.4, 0.5) is 0 Å². The number of aliphatic hydroxyl groups is 2. The maximum Gasteiger partial charge on any atom is 0.305 e. The maximum atomic E-state index is 12.5. The molecule has 0 fully saturated rings. The minimum Gasteiger partial charge on any atom is -0.466 e. The van der Waals surface area contributed by atoms with Gasteiger partial charge in [-0.2, -0.15) is 0 Å². The summed E-state index contributed by atoms with van der Waals surface area (Å²) in [6.45, 7) is 4.95. The number of nitrogens with one attached hydrogen (secondary N) is 1. The minimum absolute atomic E-state index is 0.00757. The third kappa shape index (κ3) is 53.8. The number of carbonyl (C=O) groups is 2. The summed E-state index contributed by atoms with van der Waals surface area (Å²) >= 11 is 0. The summed E-state index contributed by atoms with van der Waals surface area (Å²) in [5, 5.41) is 23.3. The van der Waals surface area contributed by atoms with Crippen LogP contribution in [0.25, 0.3) is 0 Å². The molecule has 398 valence electrons. The highest BCUT2D eigenvalue weighted by molar-refractivity contribution is 5.76. The van der Waals surface area contributed by atoms with Crippen LogP contribution in [0.15, 0.2) is 12.2 Å². The van der Waals surface area contributed by atoms with E-state index in [0.717, 1.165) is 51.4 Å². The topological polar surface area (TPSA) is 95.9 Å². The fraction of sp³-hybridized carbons (Fsp3) is 0.934. The second kappa shape index (κ2) is 57.2. The van der Waals surface area contributed by atoms with Crippen LogP contribution in [0.3, 0.4) is 0 Å². The monoisotopic (exact) mass is 946 g/mol. The zero-order valence-corrected chi connectivity index (χ0v) is 45.4. The third-order valence-corrected chi connectivity index (χ3v) is 14.3. The summed E-state index contributed by atoms with van der Waals surface area (Å²) in [5.74, 6) is -0.0518. The highest BCUT2D eigenvalue weighted by Gasteiger charge is 2.20. The lowest BCUT2D eigenvalue weighted by Crippen LogP contribution is -2.45. The van der Waals surface area contributed by atoms with Gasteiger partial charge in [0, 0.05) is 12.8 Å². The van der Waals surface area contributed by atoms with Crippen molar-refractivity contribution in [2.24, 2.45) is 0 Å². The Labute approximate surface area is 419 Å². The summed E-state index contributed by atoms with van der Waals surface area (Å²) in [5.41, 5.74) is 0. The van der Waals surface area contributed by atoms with Crippen LogP contribution in [0, 0.1) is 0 Å². The normalized spacial score (nSPS) is 12.6. The first-order valence-electron chi connectivity index (χ1n) is 30.4. The number of hydrogen-bond acceptors (Lipinski definition) is 5. The number of aliphatic hydroxyl groups excluding tert-OH is 2. The SMILES string of the molecule is CCCCCCCC/C=C\CCCCCCCCCC(=O)OCCCCCCCCCCCCCCCC(=O)NC(CO)C(O)CCCCCCCCCCCCCCCCCCCCCC. The number of unbranched alkanes of at least 4 members (excludes halogenated alkanes) is 44. The van der Waals surface area contributed by atoms with E-state index in [1.165, 1.54) is 257 Å². The van der Waals surface area contributed by atoms with Crippen molar-refractivity contribution in [2.75, 3.05) is 13.2 Å². The van der Waals surface area contributed by atoms with Gasteiger partial charge in [0.2, 0.25) is 5.91 Å². The van der Waals surface area contributed by atoms with Crippen LogP contribution in [0.1, 0.15) is 341 Å². The summed E-state index contributed by atoms with van der Waals surface area (Å²) < 4.78 is 5.48. The standard InChI is InChI=1S/C61H119NO5/c1-3-5-7-9-11-13-15-17-19-21-22-23-25-26-29-33-37-41-45-49-53-59(64)58(57-63)62-60(65)54-50-46-42-38-34-30-28-32-36-40-44-48-52-56-67-61(66)55-51-47-43-39-35-31-27-24-20-18-16-14-12-10-8-6-4-2/h18,20,58-59,63-64H,3-17,19,21-57H2,1-2H3,(H,62,65)/b20-18-. The molecule has 67 heavy (non-hydrogen) atoms. The Hall–Kier alpha value is -1.40. The number of esters is 1. The Kier molecular flexibility index (Phi) is 56.0. The van der Waals surface area contributed by atoms with Gasteiger partial charge in [0.1, 0.15) is 0 Å². The molecule has 2 unspecified atom stereocenters. The van der Waals surface area contributed by atoms with Crippen LogP contribution in [0.5, 0.6) is 0 Å². The van der Waals surface area contributed by atoms with Gasteiger partial charge in [-0.05, 0) is 51.4 Å². The first kappa shape index (κ1) is 65.6. The summed E-state index contributed by atoms with van der Waals surface area (Å²) in [6, 6.07) is -0.551. The number of ether oxygens (including phenoxy) is 1. The Morgan fingerprint density at radius 2 is 0.701 bits per heavy atom. The lowest BCUT2D eigenvalue weighted by Gasteiger charge is -2.22.